The van der Waals surface area contributed by atoms with Gasteiger partial charge in [-0.05, 0) is 12.5 Å². The van der Waals surface area contributed by atoms with Crippen LogP contribution in [0.4, 0.5) is 0 Å². The van der Waals surface area contributed by atoms with E-state index >= 15 is 0 Å². The number of furan rings is 1. The smallest absolute Gasteiger partial charge is 0.134 e. The summed E-state index contributed by atoms with van der Waals surface area (Å²) >= 11 is 2.10. The molecule has 0 amide bonds. The maximum Gasteiger partial charge on any atom is 0.134 e. The average Bonchev–Trinajstić information content (AvgIpc) is 2.84. The van der Waals surface area contributed by atoms with Crippen molar-refractivity contribution in [3.8, 4) is 0 Å². The van der Waals surface area contributed by atoms with Gasteiger partial charge in [-0.1, -0.05) is 25.1 Å². The van der Waals surface area contributed by atoms with E-state index in [4.69, 9.17) is 10.2 Å². The van der Waals surface area contributed by atoms with Crippen LogP contribution in [0.25, 0.3) is 11.0 Å². The molecule has 0 spiro atoms. The summed E-state index contributed by atoms with van der Waals surface area (Å²) in [5.41, 5.74) is 8.07. The van der Waals surface area contributed by atoms with Gasteiger partial charge in [0.25, 0.3) is 0 Å². The van der Waals surface area contributed by atoms with Gasteiger partial charge >= 0.3 is 0 Å². The van der Waals surface area contributed by atoms with E-state index in [2.05, 4.69) is 29.7 Å². The average molecular weight is 290 g/mol. The zero-order valence-corrected chi connectivity index (χ0v) is 12.8. The lowest BCUT2D eigenvalue weighted by Crippen LogP contribution is -2.37. The van der Waals surface area contributed by atoms with Crippen LogP contribution in [0.3, 0.4) is 0 Å². The minimum atomic E-state index is 0.548. The van der Waals surface area contributed by atoms with Crippen molar-refractivity contribution in [3.63, 3.8) is 0 Å². The van der Waals surface area contributed by atoms with E-state index in [1.807, 2.05) is 18.2 Å². The third-order valence-electron chi connectivity index (χ3n) is 4.03. The molecular formula is C16H22N2OS. The molecule has 0 bridgehead atoms. The second-order valence-corrected chi connectivity index (χ2v) is 6.75. The minimum Gasteiger partial charge on any atom is -0.459 e. The van der Waals surface area contributed by atoms with Gasteiger partial charge in [-0.25, -0.2) is 0 Å². The molecule has 1 aromatic carbocycles. The standard InChI is InChI=1S/C16H22N2OS/c1-2-12-10-18(7-8-20-12)11-16-14(9-17)13-5-3-4-6-15(13)19-16/h3-6,12H,2,7-11,17H2,1H3. The van der Waals surface area contributed by atoms with E-state index in [1.54, 1.807) is 0 Å². The van der Waals surface area contributed by atoms with E-state index in [-0.39, 0.29) is 0 Å². The van der Waals surface area contributed by atoms with Crippen LogP contribution in [0.1, 0.15) is 24.7 Å². The summed E-state index contributed by atoms with van der Waals surface area (Å²) in [5.74, 6) is 2.27. The second kappa shape index (κ2) is 6.20. The molecule has 20 heavy (non-hydrogen) atoms. The summed E-state index contributed by atoms with van der Waals surface area (Å²) in [5, 5.41) is 1.93. The van der Waals surface area contributed by atoms with E-state index < -0.39 is 0 Å². The topological polar surface area (TPSA) is 42.4 Å². The monoisotopic (exact) mass is 290 g/mol. The van der Waals surface area contributed by atoms with Crippen LogP contribution < -0.4 is 5.73 Å². The van der Waals surface area contributed by atoms with Gasteiger partial charge < -0.3 is 10.2 Å². The van der Waals surface area contributed by atoms with E-state index in [0.717, 1.165) is 36.2 Å². The Labute approximate surface area is 124 Å². The fourth-order valence-electron chi connectivity index (χ4n) is 2.88. The summed E-state index contributed by atoms with van der Waals surface area (Å²) in [6.45, 7) is 6.00. The largest absolute Gasteiger partial charge is 0.459 e. The Morgan fingerprint density at radius 1 is 1.40 bits per heavy atom. The molecule has 0 radical (unpaired) electrons. The molecule has 2 N–H and O–H groups in total. The Balaban J connectivity index is 1.83. The van der Waals surface area contributed by atoms with Gasteiger partial charge in [-0.15, -0.1) is 0 Å². The van der Waals surface area contributed by atoms with Crippen LogP contribution in [-0.2, 0) is 13.1 Å². The Bertz CT molecular complexity index is 581. The van der Waals surface area contributed by atoms with E-state index in [9.17, 15) is 0 Å². The lowest BCUT2D eigenvalue weighted by Gasteiger charge is -2.31. The van der Waals surface area contributed by atoms with E-state index in [1.165, 1.54) is 23.1 Å². The zero-order chi connectivity index (χ0) is 13.9. The predicted molar refractivity (Wildman–Crippen MR) is 85.9 cm³/mol. The summed E-state index contributed by atoms with van der Waals surface area (Å²) in [4.78, 5) is 2.50. The summed E-state index contributed by atoms with van der Waals surface area (Å²) in [7, 11) is 0. The third kappa shape index (κ3) is 2.73. The summed E-state index contributed by atoms with van der Waals surface area (Å²) in [6, 6.07) is 8.19. The minimum absolute atomic E-state index is 0.548. The van der Waals surface area contributed by atoms with Crippen molar-refractivity contribution in [2.24, 2.45) is 5.73 Å². The molecule has 2 heterocycles. The molecule has 1 aromatic heterocycles. The SMILES string of the molecule is CCC1CN(Cc2oc3ccccc3c2CN)CCS1. The van der Waals surface area contributed by atoms with Gasteiger partial charge in [0.2, 0.25) is 0 Å². The van der Waals surface area contributed by atoms with Crippen molar-refractivity contribution in [2.45, 2.75) is 31.7 Å². The Morgan fingerprint density at radius 2 is 2.25 bits per heavy atom. The fraction of sp³-hybridized carbons (Fsp3) is 0.500. The number of hydrogen-bond acceptors (Lipinski definition) is 4. The number of para-hydroxylation sites is 1. The maximum atomic E-state index is 6.03. The number of fused-ring (bicyclic) bond motifs is 1. The molecule has 1 saturated heterocycles. The molecule has 0 saturated carbocycles. The molecule has 1 fully saturated rings. The molecular weight excluding hydrogens is 268 g/mol. The summed E-state index contributed by atoms with van der Waals surface area (Å²) < 4.78 is 6.03. The quantitative estimate of drug-likeness (QED) is 0.939. The van der Waals surface area contributed by atoms with E-state index in [0.29, 0.717) is 6.54 Å². The number of rotatable bonds is 4. The maximum absolute atomic E-state index is 6.03. The van der Waals surface area contributed by atoms with Crippen molar-refractivity contribution in [2.75, 3.05) is 18.8 Å². The van der Waals surface area contributed by atoms with Gasteiger partial charge in [0.05, 0.1) is 6.54 Å². The molecule has 108 valence electrons. The number of nitrogens with zero attached hydrogens (tertiary/aromatic N) is 1. The molecule has 1 aliphatic rings. The fourth-order valence-corrected chi connectivity index (χ4v) is 4.12. The van der Waals surface area contributed by atoms with Crippen molar-refractivity contribution in [1.29, 1.82) is 0 Å². The van der Waals surface area contributed by atoms with Crippen LogP contribution in [-0.4, -0.2) is 29.0 Å². The van der Waals surface area contributed by atoms with Crippen LogP contribution in [0.5, 0.6) is 0 Å². The van der Waals surface area contributed by atoms with Crippen LogP contribution in [0.2, 0.25) is 0 Å². The number of nitrogens with two attached hydrogens (primary N) is 1. The normalized spacial score (nSPS) is 20.6. The third-order valence-corrected chi connectivity index (χ3v) is 5.40. The highest BCUT2D eigenvalue weighted by atomic mass is 32.2. The number of benzene rings is 1. The Hall–Kier alpha value is -0.970. The molecule has 1 unspecified atom stereocenters. The van der Waals surface area contributed by atoms with Gasteiger partial charge in [-0.3, -0.25) is 4.90 Å². The van der Waals surface area contributed by atoms with Gasteiger partial charge in [0, 0.05) is 41.6 Å². The van der Waals surface area contributed by atoms with Crippen molar-refractivity contribution < 1.29 is 4.42 Å². The first-order valence-electron chi connectivity index (χ1n) is 7.35. The Morgan fingerprint density at radius 3 is 3.05 bits per heavy atom. The molecule has 2 aromatic rings. The molecule has 1 aliphatic heterocycles. The molecule has 3 nitrogen and oxygen atoms in total. The lowest BCUT2D eigenvalue weighted by molar-refractivity contribution is 0.252. The first-order chi connectivity index (χ1) is 9.81. The zero-order valence-electron chi connectivity index (χ0n) is 12.0. The first-order valence-corrected chi connectivity index (χ1v) is 8.40. The van der Waals surface area contributed by atoms with Crippen molar-refractivity contribution in [1.82, 2.24) is 4.90 Å². The predicted octanol–water partition coefficient (Wildman–Crippen LogP) is 3.22. The van der Waals surface area contributed by atoms with Gasteiger partial charge in [-0.2, -0.15) is 11.8 Å². The van der Waals surface area contributed by atoms with Crippen molar-refractivity contribution in [3.05, 3.63) is 35.6 Å². The highest BCUT2D eigenvalue weighted by molar-refractivity contribution is 8.00. The first kappa shape index (κ1) is 14.0. The molecule has 3 rings (SSSR count). The second-order valence-electron chi connectivity index (χ2n) is 5.34. The molecule has 1 atom stereocenters. The highest BCUT2D eigenvalue weighted by Crippen LogP contribution is 2.28. The van der Waals surface area contributed by atoms with Crippen molar-refractivity contribution >= 4 is 22.7 Å². The van der Waals surface area contributed by atoms with Crippen LogP contribution in [0, 0.1) is 0 Å². The molecule has 0 aliphatic carbocycles. The number of hydrogen-bond donors (Lipinski definition) is 1. The summed E-state index contributed by atoms with van der Waals surface area (Å²) in [6.07, 6.45) is 1.24. The molecule has 4 heteroatoms. The lowest BCUT2D eigenvalue weighted by atomic mass is 10.1. The van der Waals surface area contributed by atoms with Gasteiger partial charge in [0.15, 0.2) is 0 Å². The Kier molecular flexibility index (Phi) is 4.34. The number of thioether (sulfide) groups is 1. The van der Waals surface area contributed by atoms with Crippen LogP contribution >= 0.6 is 11.8 Å². The van der Waals surface area contributed by atoms with Gasteiger partial charge in [0.1, 0.15) is 11.3 Å². The van der Waals surface area contributed by atoms with Crippen LogP contribution in [0.15, 0.2) is 28.7 Å². The highest BCUT2D eigenvalue weighted by Gasteiger charge is 2.22.